The summed E-state index contributed by atoms with van der Waals surface area (Å²) < 4.78 is 10.00. The summed E-state index contributed by atoms with van der Waals surface area (Å²) in [6.07, 6.45) is 0. The fourth-order valence-corrected chi connectivity index (χ4v) is 2.36. The van der Waals surface area contributed by atoms with Gasteiger partial charge in [-0.1, -0.05) is 13.8 Å². The van der Waals surface area contributed by atoms with Crippen molar-refractivity contribution >= 4 is 17.2 Å². The van der Waals surface area contributed by atoms with Gasteiger partial charge in [0.1, 0.15) is 6.61 Å². The van der Waals surface area contributed by atoms with Crippen LogP contribution in [0, 0.1) is 0 Å². The van der Waals surface area contributed by atoms with Gasteiger partial charge in [-0.3, -0.25) is 4.79 Å². The minimum absolute atomic E-state index is 0.0505. The SMILES string of the molecule is COCCOCC(=O)N[C@H](C)c1csc(C(C)C)n1. The van der Waals surface area contributed by atoms with Gasteiger partial charge in [0, 0.05) is 18.4 Å². The summed E-state index contributed by atoms with van der Waals surface area (Å²) in [5.74, 6) is 0.279. The Labute approximate surface area is 118 Å². The van der Waals surface area contributed by atoms with E-state index in [4.69, 9.17) is 9.47 Å². The van der Waals surface area contributed by atoms with Crippen molar-refractivity contribution in [2.75, 3.05) is 26.9 Å². The first-order valence-electron chi connectivity index (χ1n) is 6.36. The topological polar surface area (TPSA) is 60.5 Å². The smallest absolute Gasteiger partial charge is 0.246 e. The first kappa shape index (κ1) is 16.1. The van der Waals surface area contributed by atoms with Crippen LogP contribution in [0.3, 0.4) is 0 Å². The van der Waals surface area contributed by atoms with Gasteiger partial charge in [-0.05, 0) is 6.92 Å². The molecule has 0 fully saturated rings. The van der Waals surface area contributed by atoms with Crippen molar-refractivity contribution in [3.8, 4) is 0 Å². The third kappa shape index (κ3) is 5.67. The first-order valence-corrected chi connectivity index (χ1v) is 7.24. The lowest BCUT2D eigenvalue weighted by atomic mass is 10.2. The number of aromatic nitrogens is 1. The highest BCUT2D eigenvalue weighted by Gasteiger charge is 2.14. The second kappa shape index (κ2) is 8.24. The average molecular weight is 286 g/mol. The van der Waals surface area contributed by atoms with Crippen LogP contribution in [0.4, 0.5) is 0 Å². The van der Waals surface area contributed by atoms with Gasteiger partial charge in [0.15, 0.2) is 0 Å². The molecule has 6 heteroatoms. The molecule has 0 saturated carbocycles. The maximum atomic E-state index is 11.6. The van der Waals surface area contributed by atoms with E-state index in [0.717, 1.165) is 10.7 Å². The van der Waals surface area contributed by atoms with Crippen LogP contribution in [0.15, 0.2) is 5.38 Å². The molecule has 0 bridgehead atoms. The highest BCUT2D eigenvalue weighted by molar-refractivity contribution is 7.09. The highest BCUT2D eigenvalue weighted by atomic mass is 32.1. The van der Waals surface area contributed by atoms with E-state index in [1.54, 1.807) is 18.4 Å². The number of methoxy groups -OCH3 is 1. The number of thiazole rings is 1. The van der Waals surface area contributed by atoms with Crippen LogP contribution in [0.1, 0.15) is 43.4 Å². The largest absolute Gasteiger partial charge is 0.382 e. The predicted molar refractivity (Wildman–Crippen MR) is 75.5 cm³/mol. The Morgan fingerprint density at radius 1 is 1.42 bits per heavy atom. The summed E-state index contributed by atoms with van der Waals surface area (Å²) in [5.41, 5.74) is 0.902. The maximum Gasteiger partial charge on any atom is 0.246 e. The molecule has 0 radical (unpaired) electrons. The predicted octanol–water partition coefficient (Wildman–Crippen LogP) is 2.11. The molecule has 108 valence electrons. The normalized spacial score (nSPS) is 12.7. The van der Waals surface area contributed by atoms with Crippen molar-refractivity contribution in [3.63, 3.8) is 0 Å². The number of carbonyl (C=O) groups is 1. The van der Waals surface area contributed by atoms with E-state index in [2.05, 4.69) is 24.1 Å². The number of rotatable bonds is 8. The van der Waals surface area contributed by atoms with Gasteiger partial charge in [-0.2, -0.15) is 0 Å². The molecule has 1 rings (SSSR count). The van der Waals surface area contributed by atoms with Crippen LogP contribution in [0.2, 0.25) is 0 Å². The van der Waals surface area contributed by atoms with Gasteiger partial charge >= 0.3 is 0 Å². The number of hydrogen-bond donors (Lipinski definition) is 1. The van der Waals surface area contributed by atoms with Gasteiger partial charge in [-0.15, -0.1) is 11.3 Å². The molecule has 0 aliphatic heterocycles. The number of amides is 1. The zero-order chi connectivity index (χ0) is 14.3. The Hall–Kier alpha value is -0.980. The summed E-state index contributed by atoms with van der Waals surface area (Å²) >= 11 is 1.63. The lowest BCUT2D eigenvalue weighted by molar-refractivity contribution is -0.126. The number of nitrogens with zero attached hydrogens (tertiary/aromatic N) is 1. The van der Waals surface area contributed by atoms with E-state index in [0.29, 0.717) is 19.1 Å². The quantitative estimate of drug-likeness (QED) is 0.744. The number of carbonyl (C=O) groups excluding carboxylic acids is 1. The Kier molecular flexibility index (Phi) is 6.97. The molecule has 19 heavy (non-hydrogen) atoms. The molecule has 1 aromatic rings. The molecule has 1 atom stereocenters. The van der Waals surface area contributed by atoms with E-state index in [9.17, 15) is 4.79 Å². The lowest BCUT2D eigenvalue weighted by Gasteiger charge is -2.11. The Morgan fingerprint density at radius 3 is 2.74 bits per heavy atom. The van der Waals surface area contributed by atoms with Gasteiger partial charge < -0.3 is 14.8 Å². The van der Waals surface area contributed by atoms with Gasteiger partial charge in [0.2, 0.25) is 5.91 Å². The van der Waals surface area contributed by atoms with E-state index >= 15 is 0 Å². The van der Waals surface area contributed by atoms with E-state index in [1.165, 1.54) is 0 Å². The second-order valence-corrected chi connectivity index (χ2v) is 5.49. The number of nitrogens with one attached hydrogen (secondary N) is 1. The first-order chi connectivity index (χ1) is 9.04. The summed E-state index contributed by atoms with van der Waals surface area (Å²) in [7, 11) is 1.60. The average Bonchev–Trinajstić information content (AvgIpc) is 2.84. The Morgan fingerprint density at radius 2 is 2.16 bits per heavy atom. The number of ether oxygens (including phenoxy) is 2. The van der Waals surface area contributed by atoms with Crippen LogP contribution in [-0.4, -0.2) is 37.8 Å². The minimum atomic E-state index is -0.136. The summed E-state index contributed by atoms with van der Waals surface area (Å²) in [4.78, 5) is 16.1. The summed E-state index contributed by atoms with van der Waals surface area (Å²) in [6, 6.07) is -0.0951. The molecule has 0 aliphatic rings. The zero-order valence-corrected chi connectivity index (χ0v) is 12.8. The third-order valence-corrected chi connectivity index (χ3v) is 3.68. The molecular formula is C13H22N2O3S. The van der Waals surface area contributed by atoms with Crippen LogP contribution < -0.4 is 5.32 Å². The molecule has 0 aliphatic carbocycles. The minimum Gasteiger partial charge on any atom is -0.382 e. The molecule has 5 nitrogen and oxygen atoms in total. The van der Waals surface area contributed by atoms with Crippen LogP contribution in [-0.2, 0) is 14.3 Å². The van der Waals surface area contributed by atoms with Gasteiger partial charge in [0.05, 0.1) is 30.0 Å². The summed E-state index contributed by atoms with van der Waals surface area (Å²) in [6.45, 7) is 7.10. The summed E-state index contributed by atoms with van der Waals surface area (Å²) in [5, 5.41) is 5.95. The second-order valence-electron chi connectivity index (χ2n) is 4.60. The molecule has 0 aromatic carbocycles. The molecule has 0 unspecified atom stereocenters. The van der Waals surface area contributed by atoms with E-state index < -0.39 is 0 Å². The molecule has 1 amide bonds. The fourth-order valence-electron chi connectivity index (χ4n) is 1.43. The number of hydrogen-bond acceptors (Lipinski definition) is 5. The van der Waals surface area contributed by atoms with Crippen LogP contribution in [0.5, 0.6) is 0 Å². The standard InChI is InChI=1S/C13H22N2O3S/c1-9(2)13-15-11(8-19-13)10(3)14-12(16)7-18-6-5-17-4/h8-10H,5-7H2,1-4H3,(H,14,16)/t10-/m1/s1. The van der Waals surface area contributed by atoms with E-state index in [-0.39, 0.29) is 18.6 Å². The Balaban J connectivity index is 2.36. The van der Waals surface area contributed by atoms with Crippen molar-refractivity contribution in [2.24, 2.45) is 0 Å². The van der Waals surface area contributed by atoms with Crippen molar-refractivity contribution in [3.05, 3.63) is 16.1 Å². The molecule has 0 spiro atoms. The lowest BCUT2D eigenvalue weighted by Crippen LogP contribution is -2.30. The van der Waals surface area contributed by atoms with Crippen molar-refractivity contribution in [2.45, 2.75) is 32.7 Å². The van der Waals surface area contributed by atoms with Crippen molar-refractivity contribution in [1.29, 1.82) is 0 Å². The molecule has 1 aromatic heterocycles. The van der Waals surface area contributed by atoms with Gasteiger partial charge in [0.25, 0.3) is 0 Å². The van der Waals surface area contributed by atoms with Crippen LogP contribution in [0.25, 0.3) is 0 Å². The molecule has 1 N–H and O–H groups in total. The highest BCUT2D eigenvalue weighted by Crippen LogP contribution is 2.22. The monoisotopic (exact) mass is 286 g/mol. The van der Waals surface area contributed by atoms with Gasteiger partial charge in [-0.25, -0.2) is 4.98 Å². The van der Waals surface area contributed by atoms with Crippen LogP contribution >= 0.6 is 11.3 Å². The third-order valence-electron chi connectivity index (χ3n) is 2.52. The molecule has 0 saturated heterocycles. The van der Waals surface area contributed by atoms with Crippen molar-refractivity contribution < 1.29 is 14.3 Å². The van der Waals surface area contributed by atoms with E-state index in [1.807, 2.05) is 12.3 Å². The zero-order valence-electron chi connectivity index (χ0n) is 11.9. The maximum absolute atomic E-state index is 11.6. The molecule has 1 heterocycles. The van der Waals surface area contributed by atoms with Crippen molar-refractivity contribution in [1.82, 2.24) is 10.3 Å². The molecular weight excluding hydrogens is 264 g/mol. The fraction of sp³-hybridized carbons (Fsp3) is 0.692. The Bertz CT molecular complexity index is 393.